The van der Waals surface area contributed by atoms with E-state index in [9.17, 15) is 4.79 Å². The van der Waals surface area contributed by atoms with Gasteiger partial charge in [-0.05, 0) is 52.4 Å². The lowest BCUT2D eigenvalue weighted by molar-refractivity contribution is 0.0988. The molecule has 0 aliphatic rings. The molecule has 16 heavy (non-hydrogen) atoms. The summed E-state index contributed by atoms with van der Waals surface area (Å²) in [5.74, 6) is 0.0572. The lowest BCUT2D eigenvalue weighted by atomic mass is 10.1. The van der Waals surface area contributed by atoms with Crippen molar-refractivity contribution < 1.29 is 4.79 Å². The van der Waals surface area contributed by atoms with E-state index in [-0.39, 0.29) is 5.78 Å². The van der Waals surface area contributed by atoms with E-state index in [4.69, 9.17) is 0 Å². The summed E-state index contributed by atoms with van der Waals surface area (Å²) in [5.41, 5.74) is 1.55. The summed E-state index contributed by atoms with van der Waals surface area (Å²) < 4.78 is 1.17. The number of benzene rings is 1. The molecular weight excluding hydrogens is 313 g/mol. The van der Waals surface area contributed by atoms with Gasteiger partial charge >= 0.3 is 0 Å². The topological polar surface area (TPSA) is 30.0 Å². The zero-order chi connectivity index (χ0) is 11.4. The molecule has 3 heteroatoms. The number of carbonyl (C=O) groups excluding carboxylic acids is 1. The van der Waals surface area contributed by atoms with E-state index in [0.717, 1.165) is 5.56 Å². The first kappa shape index (κ1) is 11.3. The lowest BCUT2D eigenvalue weighted by Crippen LogP contribution is -2.05. The average Bonchev–Trinajstić information content (AvgIpc) is 2.33. The smallest absolute Gasteiger partial charge is 0.185 e. The van der Waals surface area contributed by atoms with Crippen molar-refractivity contribution in [3.8, 4) is 0 Å². The molecule has 0 fully saturated rings. The Labute approximate surface area is 108 Å². The van der Waals surface area contributed by atoms with E-state index in [1.165, 1.54) is 3.57 Å². The number of hydrogen-bond donors (Lipinski definition) is 0. The summed E-state index contributed by atoms with van der Waals surface area (Å²) in [6, 6.07) is 13.3. The number of aromatic nitrogens is 1. The first-order valence-corrected chi connectivity index (χ1v) is 6.02. The Morgan fingerprint density at radius 1 is 1.12 bits per heavy atom. The fourth-order valence-electron chi connectivity index (χ4n) is 1.41. The van der Waals surface area contributed by atoms with Gasteiger partial charge in [0.15, 0.2) is 5.78 Å². The van der Waals surface area contributed by atoms with Crippen LogP contribution in [0.1, 0.15) is 16.1 Å². The maximum Gasteiger partial charge on any atom is 0.185 e. The highest BCUT2D eigenvalue weighted by atomic mass is 127. The highest BCUT2D eigenvalue weighted by molar-refractivity contribution is 14.1. The quantitative estimate of drug-likeness (QED) is 0.642. The molecule has 2 rings (SSSR count). The van der Waals surface area contributed by atoms with Crippen LogP contribution in [0.25, 0.3) is 0 Å². The molecule has 0 aliphatic carbocycles. The molecule has 2 aromatic rings. The van der Waals surface area contributed by atoms with E-state index in [1.54, 1.807) is 12.3 Å². The number of pyridine rings is 1. The van der Waals surface area contributed by atoms with E-state index in [1.807, 2.05) is 36.4 Å². The van der Waals surface area contributed by atoms with Gasteiger partial charge in [-0.1, -0.05) is 18.2 Å². The zero-order valence-corrected chi connectivity index (χ0v) is 10.7. The van der Waals surface area contributed by atoms with Crippen LogP contribution in [-0.2, 0) is 6.42 Å². The minimum atomic E-state index is 0.0572. The van der Waals surface area contributed by atoms with Crippen molar-refractivity contribution in [3.05, 3.63) is 63.5 Å². The summed E-state index contributed by atoms with van der Waals surface area (Å²) in [6.07, 6.45) is 2.05. The molecule has 0 saturated heterocycles. The molecule has 0 bridgehead atoms. The number of carbonyl (C=O) groups is 1. The van der Waals surface area contributed by atoms with Crippen molar-refractivity contribution in [1.82, 2.24) is 4.98 Å². The van der Waals surface area contributed by atoms with E-state index in [0.29, 0.717) is 12.1 Å². The fourth-order valence-corrected chi connectivity index (χ4v) is 1.77. The van der Waals surface area contributed by atoms with Gasteiger partial charge in [-0.3, -0.25) is 9.78 Å². The third kappa shape index (κ3) is 2.88. The molecule has 0 saturated carbocycles. The predicted molar refractivity (Wildman–Crippen MR) is 71.4 cm³/mol. The second kappa shape index (κ2) is 5.21. The summed E-state index contributed by atoms with van der Waals surface area (Å²) in [7, 11) is 0. The van der Waals surface area contributed by atoms with Crippen molar-refractivity contribution in [1.29, 1.82) is 0 Å². The number of ketones is 1. The van der Waals surface area contributed by atoms with Crippen LogP contribution >= 0.6 is 22.6 Å². The number of rotatable bonds is 3. The molecule has 0 amide bonds. The molecule has 1 heterocycles. The van der Waals surface area contributed by atoms with Crippen LogP contribution in [-0.4, -0.2) is 10.8 Å². The average molecular weight is 323 g/mol. The Morgan fingerprint density at radius 2 is 1.88 bits per heavy atom. The second-order valence-electron chi connectivity index (χ2n) is 3.44. The minimum Gasteiger partial charge on any atom is -0.292 e. The first-order chi connectivity index (χ1) is 7.75. The normalized spacial score (nSPS) is 10.1. The Bertz CT molecular complexity index is 479. The van der Waals surface area contributed by atoms with Crippen LogP contribution in [0, 0.1) is 3.57 Å². The molecule has 2 nitrogen and oxygen atoms in total. The maximum atomic E-state index is 11.8. The standard InChI is InChI=1S/C13H10INO/c14-11-6-4-10(5-7-11)9-13(16)12-3-1-2-8-15-12/h1-8H,9H2. The number of nitrogens with zero attached hydrogens (tertiary/aromatic N) is 1. The Kier molecular flexibility index (Phi) is 3.66. The van der Waals surface area contributed by atoms with Crippen molar-refractivity contribution in [2.24, 2.45) is 0 Å². The summed E-state index contributed by atoms with van der Waals surface area (Å²) in [4.78, 5) is 15.9. The summed E-state index contributed by atoms with van der Waals surface area (Å²) >= 11 is 2.24. The molecule has 0 spiro atoms. The van der Waals surface area contributed by atoms with Gasteiger partial charge in [-0.25, -0.2) is 0 Å². The van der Waals surface area contributed by atoms with Crippen molar-refractivity contribution in [2.75, 3.05) is 0 Å². The van der Waals surface area contributed by atoms with Crippen LogP contribution in [0.4, 0.5) is 0 Å². The second-order valence-corrected chi connectivity index (χ2v) is 4.69. The minimum absolute atomic E-state index is 0.0572. The largest absolute Gasteiger partial charge is 0.292 e. The number of hydrogen-bond acceptors (Lipinski definition) is 2. The SMILES string of the molecule is O=C(Cc1ccc(I)cc1)c1ccccn1. The maximum absolute atomic E-state index is 11.8. The molecule has 0 N–H and O–H groups in total. The number of Topliss-reactive ketones (excluding diaryl/α,β-unsaturated/α-hetero) is 1. The molecule has 0 radical (unpaired) electrons. The summed E-state index contributed by atoms with van der Waals surface area (Å²) in [5, 5.41) is 0. The van der Waals surface area contributed by atoms with Crippen LogP contribution in [0.5, 0.6) is 0 Å². The summed E-state index contributed by atoms with van der Waals surface area (Å²) in [6.45, 7) is 0. The molecular formula is C13H10INO. The van der Waals surface area contributed by atoms with Crippen LogP contribution in [0.3, 0.4) is 0 Å². The third-order valence-corrected chi connectivity index (χ3v) is 2.95. The van der Waals surface area contributed by atoms with Gasteiger partial charge < -0.3 is 0 Å². The van der Waals surface area contributed by atoms with Crippen molar-refractivity contribution in [2.45, 2.75) is 6.42 Å². The Morgan fingerprint density at radius 3 is 2.50 bits per heavy atom. The monoisotopic (exact) mass is 323 g/mol. The van der Waals surface area contributed by atoms with Crippen molar-refractivity contribution in [3.63, 3.8) is 0 Å². The Hall–Kier alpha value is -1.23. The van der Waals surface area contributed by atoms with Gasteiger partial charge in [0.1, 0.15) is 5.69 Å². The van der Waals surface area contributed by atoms with E-state index >= 15 is 0 Å². The van der Waals surface area contributed by atoms with Gasteiger partial charge in [-0.2, -0.15) is 0 Å². The van der Waals surface area contributed by atoms with Gasteiger partial charge in [0, 0.05) is 16.2 Å². The molecule has 80 valence electrons. The molecule has 1 aromatic heterocycles. The number of halogens is 1. The van der Waals surface area contributed by atoms with Gasteiger partial charge in [0.2, 0.25) is 0 Å². The zero-order valence-electron chi connectivity index (χ0n) is 8.56. The van der Waals surface area contributed by atoms with E-state index in [2.05, 4.69) is 27.6 Å². The van der Waals surface area contributed by atoms with Crippen LogP contribution < -0.4 is 0 Å². The fraction of sp³-hybridized carbons (Fsp3) is 0.0769. The molecule has 1 aromatic carbocycles. The predicted octanol–water partition coefficient (Wildman–Crippen LogP) is 3.11. The van der Waals surface area contributed by atoms with Crippen LogP contribution in [0.2, 0.25) is 0 Å². The van der Waals surface area contributed by atoms with Crippen molar-refractivity contribution >= 4 is 28.4 Å². The van der Waals surface area contributed by atoms with E-state index < -0.39 is 0 Å². The first-order valence-electron chi connectivity index (χ1n) is 4.94. The molecule has 0 unspecified atom stereocenters. The third-order valence-electron chi connectivity index (χ3n) is 2.23. The van der Waals surface area contributed by atoms with Gasteiger partial charge in [0.25, 0.3) is 0 Å². The Balaban J connectivity index is 2.11. The van der Waals surface area contributed by atoms with Crippen LogP contribution in [0.15, 0.2) is 48.7 Å². The lowest BCUT2D eigenvalue weighted by Gasteiger charge is -2.00. The van der Waals surface area contributed by atoms with Gasteiger partial charge in [-0.15, -0.1) is 0 Å². The molecule has 0 aliphatic heterocycles. The highest BCUT2D eigenvalue weighted by Crippen LogP contribution is 2.09. The molecule has 0 atom stereocenters. The van der Waals surface area contributed by atoms with Gasteiger partial charge in [0.05, 0.1) is 0 Å². The highest BCUT2D eigenvalue weighted by Gasteiger charge is 2.07.